The monoisotopic (exact) mass is 442 g/mol. The highest BCUT2D eigenvalue weighted by molar-refractivity contribution is 7.92. The smallest absolute Gasteiger partial charge is 0.264 e. The zero-order valence-electron chi connectivity index (χ0n) is 16.8. The highest BCUT2D eigenvalue weighted by Gasteiger charge is 2.25. The third-order valence-electron chi connectivity index (χ3n) is 4.80. The Morgan fingerprint density at radius 3 is 2.33 bits per heavy atom. The highest BCUT2D eigenvalue weighted by atomic mass is 35.5. The molecule has 7 heteroatoms. The molecular weight excluding hydrogens is 420 g/mol. The molecule has 0 heterocycles. The van der Waals surface area contributed by atoms with Crippen molar-refractivity contribution in [2.75, 3.05) is 10.8 Å². The fourth-order valence-electron chi connectivity index (χ4n) is 3.13. The van der Waals surface area contributed by atoms with Gasteiger partial charge in [0, 0.05) is 13.1 Å². The first kappa shape index (κ1) is 21.9. The Morgan fingerprint density at radius 2 is 1.67 bits per heavy atom. The molecule has 0 radical (unpaired) electrons. The van der Waals surface area contributed by atoms with E-state index in [0.29, 0.717) is 12.2 Å². The van der Waals surface area contributed by atoms with Gasteiger partial charge in [-0.2, -0.15) is 0 Å². The summed E-state index contributed by atoms with van der Waals surface area (Å²) in [5.41, 5.74) is 2.71. The number of aryl methyl sites for hydroxylation is 1. The lowest BCUT2D eigenvalue weighted by Gasteiger charge is -2.23. The number of nitrogens with one attached hydrogen (secondary N) is 1. The van der Waals surface area contributed by atoms with Crippen LogP contribution in [-0.2, 0) is 16.6 Å². The Labute approximate surface area is 182 Å². The van der Waals surface area contributed by atoms with Crippen molar-refractivity contribution in [2.24, 2.45) is 0 Å². The molecule has 0 atom stereocenters. The minimum atomic E-state index is -3.86. The molecule has 156 valence electrons. The number of sulfonamides is 1. The summed E-state index contributed by atoms with van der Waals surface area (Å²) >= 11 is 6.22. The number of nitrogens with zero attached hydrogens (tertiary/aromatic N) is 1. The van der Waals surface area contributed by atoms with Crippen molar-refractivity contribution in [3.63, 3.8) is 0 Å². The Bertz CT molecular complexity index is 1150. The standard InChI is InChI=1S/C23H23ClN2O3S/c1-3-26(19-11-5-4-6-12-19)30(28,29)20-13-14-22(24)21(15-20)23(27)25-16-18-10-8-7-9-17(18)2/h4-15H,3,16H2,1-2H3,(H,25,27). The quantitative estimate of drug-likeness (QED) is 0.571. The van der Waals surface area contributed by atoms with E-state index in [9.17, 15) is 13.2 Å². The first-order valence-electron chi connectivity index (χ1n) is 9.54. The number of hydrogen-bond acceptors (Lipinski definition) is 3. The normalized spacial score (nSPS) is 11.2. The molecule has 3 aromatic carbocycles. The fourth-order valence-corrected chi connectivity index (χ4v) is 4.83. The molecule has 0 aliphatic carbocycles. The van der Waals surface area contributed by atoms with Crippen molar-refractivity contribution in [2.45, 2.75) is 25.3 Å². The van der Waals surface area contributed by atoms with Crippen LogP contribution in [0.1, 0.15) is 28.4 Å². The van der Waals surface area contributed by atoms with Gasteiger partial charge in [0.1, 0.15) is 0 Å². The van der Waals surface area contributed by atoms with Crippen LogP contribution >= 0.6 is 11.6 Å². The van der Waals surface area contributed by atoms with Gasteiger partial charge in [0.25, 0.3) is 15.9 Å². The third-order valence-corrected chi connectivity index (χ3v) is 7.03. The van der Waals surface area contributed by atoms with Crippen LogP contribution < -0.4 is 9.62 Å². The van der Waals surface area contributed by atoms with Gasteiger partial charge in [-0.3, -0.25) is 9.10 Å². The van der Waals surface area contributed by atoms with Gasteiger partial charge in [0.15, 0.2) is 0 Å². The summed E-state index contributed by atoms with van der Waals surface area (Å²) in [5, 5.41) is 3.01. The molecule has 0 fully saturated rings. The molecule has 0 spiro atoms. The fraction of sp³-hybridized carbons (Fsp3) is 0.174. The number of rotatable bonds is 7. The lowest BCUT2D eigenvalue weighted by atomic mass is 10.1. The molecule has 5 nitrogen and oxygen atoms in total. The second-order valence-corrected chi connectivity index (χ2v) is 9.03. The average Bonchev–Trinajstić information content (AvgIpc) is 2.74. The van der Waals surface area contributed by atoms with Crippen LogP contribution in [-0.4, -0.2) is 20.9 Å². The van der Waals surface area contributed by atoms with Gasteiger partial charge in [-0.25, -0.2) is 8.42 Å². The molecule has 1 N–H and O–H groups in total. The second kappa shape index (κ2) is 9.32. The Morgan fingerprint density at radius 1 is 1.00 bits per heavy atom. The van der Waals surface area contributed by atoms with Gasteiger partial charge >= 0.3 is 0 Å². The summed E-state index contributed by atoms with van der Waals surface area (Å²) in [6, 6.07) is 20.7. The number of amides is 1. The van der Waals surface area contributed by atoms with Crippen LogP contribution in [0, 0.1) is 6.92 Å². The van der Waals surface area contributed by atoms with Crippen LogP contribution in [0.3, 0.4) is 0 Å². The van der Waals surface area contributed by atoms with Gasteiger partial charge in [0.2, 0.25) is 0 Å². The lowest BCUT2D eigenvalue weighted by molar-refractivity contribution is 0.0951. The third kappa shape index (κ3) is 4.66. The van der Waals surface area contributed by atoms with Gasteiger partial charge in [-0.1, -0.05) is 54.1 Å². The van der Waals surface area contributed by atoms with Crippen LogP contribution in [0.15, 0.2) is 77.7 Å². The molecule has 0 unspecified atom stereocenters. The molecule has 3 aromatic rings. The molecule has 0 aliphatic heterocycles. The Balaban J connectivity index is 1.88. The van der Waals surface area contributed by atoms with Crippen molar-refractivity contribution in [3.8, 4) is 0 Å². The molecule has 3 rings (SSSR count). The molecule has 0 saturated carbocycles. The van der Waals surface area contributed by atoms with Gasteiger partial charge in [-0.05, 0) is 55.3 Å². The number of carbonyl (C=O) groups excluding carboxylic acids is 1. The first-order valence-corrected chi connectivity index (χ1v) is 11.4. The number of carbonyl (C=O) groups is 1. The molecule has 1 amide bonds. The van der Waals surface area contributed by atoms with E-state index in [2.05, 4.69) is 5.32 Å². The second-order valence-electron chi connectivity index (χ2n) is 6.76. The zero-order chi connectivity index (χ0) is 21.7. The van der Waals surface area contributed by atoms with Crippen LogP contribution in [0.2, 0.25) is 5.02 Å². The van der Waals surface area contributed by atoms with E-state index in [1.807, 2.05) is 37.3 Å². The van der Waals surface area contributed by atoms with Crippen molar-refractivity contribution in [3.05, 3.63) is 94.5 Å². The Kier molecular flexibility index (Phi) is 6.80. The summed E-state index contributed by atoms with van der Waals surface area (Å²) in [4.78, 5) is 12.7. The van der Waals surface area contributed by atoms with Gasteiger partial charge in [0.05, 0.1) is 21.2 Å². The van der Waals surface area contributed by atoms with E-state index >= 15 is 0 Å². The highest BCUT2D eigenvalue weighted by Crippen LogP contribution is 2.26. The molecule has 30 heavy (non-hydrogen) atoms. The van der Waals surface area contributed by atoms with Crippen LogP contribution in [0.25, 0.3) is 0 Å². The molecule has 0 saturated heterocycles. The van der Waals surface area contributed by atoms with Crippen molar-refractivity contribution in [1.82, 2.24) is 5.32 Å². The van der Waals surface area contributed by atoms with Crippen molar-refractivity contribution >= 4 is 33.2 Å². The van der Waals surface area contributed by atoms with Crippen LogP contribution in [0.5, 0.6) is 0 Å². The summed E-state index contributed by atoms with van der Waals surface area (Å²) in [7, 11) is -3.86. The summed E-state index contributed by atoms with van der Waals surface area (Å²) in [6.45, 7) is 4.30. The minimum Gasteiger partial charge on any atom is -0.348 e. The molecule has 0 bridgehead atoms. The number of hydrogen-bond donors (Lipinski definition) is 1. The maximum Gasteiger partial charge on any atom is 0.264 e. The predicted molar refractivity (Wildman–Crippen MR) is 120 cm³/mol. The van der Waals surface area contributed by atoms with E-state index in [1.54, 1.807) is 31.2 Å². The maximum absolute atomic E-state index is 13.2. The number of para-hydroxylation sites is 1. The summed E-state index contributed by atoms with van der Waals surface area (Å²) < 4.78 is 27.7. The van der Waals surface area contributed by atoms with Crippen LogP contribution in [0.4, 0.5) is 5.69 Å². The zero-order valence-corrected chi connectivity index (χ0v) is 18.4. The number of halogens is 1. The van der Waals surface area contributed by atoms with E-state index in [-0.39, 0.29) is 22.0 Å². The van der Waals surface area contributed by atoms with E-state index in [1.165, 1.54) is 22.5 Å². The predicted octanol–water partition coefficient (Wildman–Crippen LogP) is 4.79. The van der Waals surface area contributed by atoms with E-state index in [4.69, 9.17) is 11.6 Å². The number of anilines is 1. The first-order chi connectivity index (χ1) is 14.3. The molecule has 0 aliphatic rings. The summed E-state index contributed by atoms with van der Waals surface area (Å²) in [5.74, 6) is -0.428. The van der Waals surface area contributed by atoms with E-state index < -0.39 is 15.9 Å². The molecular formula is C23H23ClN2O3S. The SMILES string of the molecule is CCN(c1ccccc1)S(=O)(=O)c1ccc(Cl)c(C(=O)NCc2ccccc2C)c1. The lowest BCUT2D eigenvalue weighted by Crippen LogP contribution is -2.31. The maximum atomic E-state index is 13.2. The topological polar surface area (TPSA) is 66.5 Å². The van der Waals surface area contributed by atoms with Crippen molar-refractivity contribution < 1.29 is 13.2 Å². The minimum absolute atomic E-state index is 0.0126. The average molecular weight is 443 g/mol. The van der Waals surface area contributed by atoms with Gasteiger partial charge in [-0.15, -0.1) is 0 Å². The Hall–Kier alpha value is -2.83. The molecule has 0 aromatic heterocycles. The van der Waals surface area contributed by atoms with Gasteiger partial charge < -0.3 is 5.32 Å². The van der Waals surface area contributed by atoms with E-state index in [0.717, 1.165) is 11.1 Å². The largest absolute Gasteiger partial charge is 0.348 e. The number of benzene rings is 3. The van der Waals surface area contributed by atoms with Crippen molar-refractivity contribution in [1.29, 1.82) is 0 Å². The summed E-state index contributed by atoms with van der Waals surface area (Å²) in [6.07, 6.45) is 0.